The topological polar surface area (TPSA) is 67.9 Å². The molecule has 1 aliphatic rings. The summed E-state index contributed by atoms with van der Waals surface area (Å²) < 4.78 is 10.7. The molecule has 0 fully saturated rings. The molecule has 0 aromatic heterocycles. The average Bonchev–Trinajstić information content (AvgIpc) is 2.66. The third kappa shape index (κ3) is 3.64. The van der Waals surface area contributed by atoms with Crippen molar-refractivity contribution in [1.82, 2.24) is 4.90 Å². The standard InChI is InChI=1S/C20H22N2O4/c1-13(23)14-4-6-17(7-5-14)21-20(24)22-9-8-15-10-18(25-2)19(26-3)11-16(15)12-22/h4-7,10-11H,8-9,12H2,1-3H3,(H,21,24). The van der Waals surface area contributed by atoms with Gasteiger partial charge in [-0.2, -0.15) is 0 Å². The van der Waals surface area contributed by atoms with Gasteiger partial charge in [-0.3, -0.25) is 4.79 Å². The maximum Gasteiger partial charge on any atom is 0.322 e. The SMILES string of the molecule is COc1cc2c(cc1OC)CN(C(=O)Nc1ccc(C(C)=O)cc1)CC2. The first-order valence-corrected chi connectivity index (χ1v) is 8.42. The fourth-order valence-electron chi connectivity index (χ4n) is 3.05. The summed E-state index contributed by atoms with van der Waals surface area (Å²) in [6.07, 6.45) is 0.756. The van der Waals surface area contributed by atoms with Crippen LogP contribution in [0.2, 0.25) is 0 Å². The van der Waals surface area contributed by atoms with Crippen LogP contribution in [-0.2, 0) is 13.0 Å². The third-order valence-corrected chi connectivity index (χ3v) is 4.55. The molecule has 0 bridgehead atoms. The van der Waals surface area contributed by atoms with Gasteiger partial charge < -0.3 is 19.7 Å². The molecule has 6 nitrogen and oxygen atoms in total. The van der Waals surface area contributed by atoms with Gasteiger partial charge in [-0.25, -0.2) is 4.79 Å². The van der Waals surface area contributed by atoms with Gasteiger partial charge >= 0.3 is 6.03 Å². The van der Waals surface area contributed by atoms with Crippen LogP contribution in [0, 0.1) is 0 Å². The summed E-state index contributed by atoms with van der Waals surface area (Å²) in [6, 6.07) is 10.6. The van der Waals surface area contributed by atoms with Gasteiger partial charge in [0.2, 0.25) is 0 Å². The molecule has 0 spiro atoms. The number of Topliss-reactive ketones (excluding diaryl/α,β-unsaturated/α-hetero) is 1. The molecule has 1 heterocycles. The molecule has 0 aliphatic carbocycles. The summed E-state index contributed by atoms with van der Waals surface area (Å²) in [7, 11) is 3.21. The highest BCUT2D eigenvalue weighted by Gasteiger charge is 2.23. The van der Waals surface area contributed by atoms with E-state index < -0.39 is 0 Å². The lowest BCUT2D eigenvalue weighted by Crippen LogP contribution is -2.38. The van der Waals surface area contributed by atoms with E-state index in [0.717, 1.165) is 17.5 Å². The van der Waals surface area contributed by atoms with E-state index in [1.165, 1.54) is 6.92 Å². The molecule has 2 aromatic rings. The van der Waals surface area contributed by atoms with Gasteiger partial charge in [-0.1, -0.05) is 0 Å². The maximum absolute atomic E-state index is 12.6. The van der Waals surface area contributed by atoms with Crippen LogP contribution in [0.5, 0.6) is 11.5 Å². The summed E-state index contributed by atoms with van der Waals surface area (Å²) in [6.45, 7) is 2.65. The normalized spacial score (nSPS) is 13.0. The number of ketones is 1. The van der Waals surface area contributed by atoms with Gasteiger partial charge in [0.25, 0.3) is 0 Å². The van der Waals surface area contributed by atoms with Crippen molar-refractivity contribution in [3.05, 3.63) is 53.1 Å². The minimum Gasteiger partial charge on any atom is -0.493 e. The molecule has 2 aromatic carbocycles. The van der Waals surface area contributed by atoms with Crippen molar-refractivity contribution < 1.29 is 19.1 Å². The number of hydrogen-bond acceptors (Lipinski definition) is 4. The van der Waals surface area contributed by atoms with Crippen molar-refractivity contribution in [2.75, 3.05) is 26.1 Å². The second kappa shape index (κ2) is 7.47. The second-order valence-corrected chi connectivity index (χ2v) is 6.21. The Morgan fingerprint density at radius 1 is 1.00 bits per heavy atom. The van der Waals surface area contributed by atoms with Gasteiger partial charge in [0.05, 0.1) is 14.2 Å². The average molecular weight is 354 g/mol. The highest BCUT2D eigenvalue weighted by Crippen LogP contribution is 2.33. The molecule has 6 heteroatoms. The monoisotopic (exact) mass is 354 g/mol. The predicted octanol–water partition coefficient (Wildman–Crippen LogP) is 3.50. The summed E-state index contributed by atoms with van der Waals surface area (Å²) in [5.74, 6) is 1.36. The molecule has 1 aliphatic heterocycles. The van der Waals surface area contributed by atoms with E-state index in [4.69, 9.17) is 9.47 Å². The molecular formula is C20H22N2O4. The quantitative estimate of drug-likeness (QED) is 0.854. The first kappa shape index (κ1) is 17.8. The molecule has 0 unspecified atom stereocenters. The van der Waals surface area contributed by atoms with Crippen molar-refractivity contribution in [2.24, 2.45) is 0 Å². The van der Waals surface area contributed by atoms with Gasteiger partial charge in [0, 0.05) is 24.3 Å². The van der Waals surface area contributed by atoms with E-state index in [-0.39, 0.29) is 11.8 Å². The number of ether oxygens (including phenoxy) is 2. The second-order valence-electron chi connectivity index (χ2n) is 6.21. The van der Waals surface area contributed by atoms with Crippen LogP contribution >= 0.6 is 0 Å². The van der Waals surface area contributed by atoms with Crippen LogP contribution in [0.4, 0.5) is 10.5 Å². The minimum atomic E-state index is -0.166. The minimum absolute atomic E-state index is 0.000102. The van der Waals surface area contributed by atoms with Crippen LogP contribution in [0.3, 0.4) is 0 Å². The van der Waals surface area contributed by atoms with Gasteiger partial charge in [-0.05, 0) is 60.9 Å². The molecule has 0 radical (unpaired) electrons. The van der Waals surface area contributed by atoms with Crippen LogP contribution in [0.1, 0.15) is 28.4 Å². The van der Waals surface area contributed by atoms with Crippen molar-refractivity contribution >= 4 is 17.5 Å². The molecule has 136 valence electrons. The van der Waals surface area contributed by atoms with Crippen LogP contribution < -0.4 is 14.8 Å². The molecule has 26 heavy (non-hydrogen) atoms. The number of fused-ring (bicyclic) bond motifs is 1. The molecule has 2 amide bonds. The zero-order chi connectivity index (χ0) is 18.7. The Morgan fingerprint density at radius 2 is 1.62 bits per heavy atom. The summed E-state index contributed by atoms with van der Waals surface area (Å²) >= 11 is 0. The fourth-order valence-corrected chi connectivity index (χ4v) is 3.05. The largest absolute Gasteiger partial charge is 0.493 e. The molecule has 3 rings (SSSR count). The number of urea groups is 1. The van der Waals surface area contributed by atoms with E-state index in [1.807, 2.05) is 12.1 Å². The lowest BCUT2D eigenvalue weighted by molar-refractivity contribution is 0.101. The number of amides is 2. The van der Waals surface area contributed by atoms with Gasteiger partial charge in [0.1, 0.15) is 0 Å². The first-order chi connectivity index (χ1) is 12.5. The lowest BCUT2D eigenvalue weighted by Gasteiger charge is -2.29. The van der Waals surface area contributed by atoms with E-state index in [9.17, 15) is 9.59 Å². The molecule has 0 saturated carbocycles. The summed E-state index contributed by atoms with van der Waals surface area (Å²) in [5, 5.41) is 2.88. The summed E-state index contributed by atoms with van der Waals surface area (Å²) in [4.78, 5) is 25.6. The number of anilines is 1. The molecule has 1 N–H and O–H groups in total. The molecule has 0 atom stereocenters. The van der Waals surface area contributed by atoms with E-state index in [0.29, 0.717) is 35.8 Å². The highest BCUT2D eigenvalue weighted by atomic mass is 16.5. The Labute approximate surface area is 152 Å². The van der Waals surface area contributed by atoms with Crippen LogP contribution in [0.15, 0.2) is 36.4 Å². The lowest BCUT2D eigenvalue weighted by atomic mass is 9.99. The number of carbonyl (C=O) groups is 2. The molecule has 0 saturated heterocycles. The zero-order valence-corrected chi connectivity index (χ0v) is 15.2. The van der Waals surface area contributed by atoms with Gasteiger partial charge in [-0.15, -0.1) is 0 Å². The van der Waals surface area contributed by atoms with E-state index in [1.54, 1.807) is 43.4 Å². The maximum atomic E-state index is 12.6. The van der Waals surface area contributed by atoms with E-state index >= 15 is 0 Å². The Hall–Kier alpha value is -3.02. The highest BCUT2D eigenvalue weighted by molar-refractivity contribution is 5.95. The Bertz CT molecular complexity index is 830. The number of carbonyl (C=O) groups excluding carboxylic acids is 2. The number of hydrogen-bond donors (Lipinski definition) is 1. The summed E-state index contributed by atoms with van der Waals surface area (Å²) in [5.41, 5.74) is 3.50. The zero-order valence-electron chi connectivity index (χ0n) is 15.2. The van der Waals surface area contributed by atoms with Crippen LogP contribution in [0.25, 0.3) is 0 Å². The number of nitrogens with zero attached hydrogens (tertiary/aromatic N) is 1. The Morgan fingerprint density at radius 3 is 2.19 bits per heavy atom. The fraction of sp³-hybridized carbons (Fsp3) is 0.300. The number of benzene rings is 2. The van der Waals surface area contributed by atoms with Crippen LogP contribution in [-0.4, -0.2) is 37.5 Å². The number of methoxy groups -OCH3 is 2. The Kier molecular flexibility index (Phi) is 5.11. The smallest absolute Gasteiger partial charge is 0.322 e. The van der Waals surface area contributed by atoms with Crippen molar-refractivity contribution in [3.8, 4) is 11.5 Å². The van der Waals surface area contributed by atoms with Crippen molar-refractivity contribution in [2.45, 2.75) is 19.9 Å². The van der Waals surface area contributed by atoms with Crippen molar-refractivity contribution in [3.63, 3.8) is 0 Å². The first-order valence-electron chi connectivity index (χ1n) is 8.42. The third-order valence-electron chi connectivity index (χ3n) is 4.55. The van der Waals surface area contributed by atoms with Gasteiger partial charge in [0.15, 0.2) is 17.3 Å². The van der Waals surface area contributed by atoms with Crippen molar-refractivity contribution in [1.29, 1.82) is 0 Å². The predicted molar refractivity (Wildman–Crippen MR) is 99.1 cm³/mol. The number of nitrogens with one attached hydrogen (secondary N) is 1. The Balaban J connectivity index is 1.71. The van der Waals surface area contributed by atoms with E-state index in [2.05, 4.69) is 5.32 Å². The number of rotatable bonds is 4. The molecular weight excluding hydrogens is 332 g/mol.